The Bertz CT molecular complexity index is 1250. The fourth-order valence-electron chi connectivity index (χ4n) is 3.38. The SMILES string of the molecule is CCOC(=O)c1ccc(COC(=O)c2ccc3c(c2)C(=O)N(c2ccc(F)cc2)C3=O)cc1. The van der Waals surface area contributed by atoms with Crippen molar-refractivity contribution in [1.82, 2.24) is 0 Å². The number of carbonyl (C=O) groups is 4. The summed E-state index contributed by atoms with van der Waals surface area (Å²) in [5.74, 6) is -2.76. The molecule has 0 aliphatic carbocycles. The molecule has 2 amide bonds. The van der Waals surface area contributed by atoms with Crippen LogP contribution in [-0.2, 0) is 16.1 Å². The van der Waals surface area contributed by atoms with E-state index in [-0.39, 0.29) is 35.6 Å². The third-order valence-electron chi connectivity index (χ3n) is 5.04. The first kappa shape index (κ1) is 21.9. The first-order chi connectivity index (χ1) is 15.9. The molecule has 0 fully saturated rings. The monoisotopic (exact) mass is 447 g/mol. The molecule has 1 heterocycles. The maximum atomic E-state index is 13.2. The highest BCUT2D eigenvalue weighted by molar-refractivity contribution is 6.34. The predicted molar refractivity (Wildman–Crippen MR) is 116 cm³/mol. The van der Waals surface area contributed by atoms with E-state index in [4.69, 9.17) is 9.47 Å². The third kappa shape index (κ3) is 4.36. The molecule has 0 aromatic heterocycles. The van der Waals surface area contributed by atoms with Crippen molar-refractivity contribution in [2.24, 2.45) is 0 Å². The van der Waals surface area contributed by atoms with Gasteiger partial charge in [-0.3, -0.25) is 9.59 Å². The summed E-state index contributed by atoms with van der Waals surface area (Å²) in [5.41, 5.74) is 1.61. The summed E-state index contributed by atoms with van der Waals surface area (Å²) < 4.78 is 23.4. The highest BCUT2D eigenvalue weighted by Gasteiger charge is 2.37. The van der Waals surface area contributed by atoms with Crippen LogP contribution in [-0.4, -0.2) is 30.4 Å². The fourth-order valence-corrected chi connectivity index (χ4v) is 3.38. The van der Waals surface area contributed by atoms with Crippen molar-refractivity contribution in [3.8, 4) is 0 Å². The molecule has 0 spiro atoms. The number of halogens is 1. The topological polar surface area (TPSA) is 90.0 Å². The molecular formula is C25H18FNO6. The maximum absolute atomic E-state index is 13.2. The molecule has 7 nitrogen and oxygen atoms in total. The Labute approximate surface area is 188 Å². The normalized spacial score (nSPS) is 12.5. The number of nitrogens with zero attached hydrogens (tertiary/aromatic N) is 1. The lowest BCUT2D eigenvalue weighted by Gasteiger charge is -2.13. The Balaban J connectivity index is 1.46. The maximum Gasteiger partial charge on any atom is 0.338 e. The second-order valence-electron chi connectivity index (χ2n) is 7.18. The Morgan fingerprint density at radius 2 is 1.39 bits per heavy atom. The minimum Gasteiger partial charge on any atom is -0.462 e. The Morgan fingerprint density at radius 3 is 2.06 bits per heavy atom. The van der Waals surface area contributed by atoms with Crippen molar-refractivity contribution in [2.45, 2.75) is 13.5 Å². The smallest absolute Gasteiger partial charge is 0.338 e. The van der Waals surface area contributed by atoms with Crippen LogP contribution in [0.4, 0.5) is 10.1 Å². The lowest BCUT2D eigenvalue weighted by Crippen LogP contribution is -2.29. The van der Waals surface area contributed by atoms with Crippen molar-refractivity contribution >= 4 is 29.4 Å². The van der Waals surface area contributed by atoms with Crippen LogP contribution in [0.25, 0.3) is 0 Å². The standard InChI is InChI=1S/C25H18FNO6/c1-2-32-24(30)16-5-3-15(4-6-16)14-33-25(31)17-7-12-20-21(13-17)23(29)27(22(20)28)19-10-8-18(26)9-11-19/h3-13H,2,14H2,1H3. The van der Waals surface area contributed by atoms with Gasteiger partial charge in [0.25, 0.3) is 11.8 Å². The van der Waals surface area contributed by atoms with Gasteiger partial charge in [-0.05, 0) is 67.1 Å². The van der Waals surface area contributed by atoms with Gasteiger partial charge in [0.05, 0.1) is 34.5 Å². The molecule has 0 bridgehead atoms. The van der Waals surface area contributed by atoms with E-state index in [1.165, 1.54) is 30.3 Å². The van der Waals surface area contributed by atoms with Crippen LogP contribution >= 0.6 is 0 Å². The van der Waals surface area contributed by atoms with Crippen LogP contribution < -0.4 is 4.90 Å². The molecule has 4 rings (SSSR count). The molecule has 3 aromatic rings. The summed E-state index contributed by atoms with van der Waals surface area (Å²) in [7, 11) is 0. The quantitative estimate of drug-likeness (QED) is 0.416. The predicted octanol–water partition coefficient (Wildman–Crippen LogP) is 4.16. The van der Waals surface area contributed by atoms with Gasteiger partial charge in [-0.15, -0.1) is 0 Å². The molecule has 166 valence electrons. The van der Waals surface area contributed by atoms with Crippen molar-refractivity contribution < 1.29 is 33.0 Å². The average Bonchev–Trinajstić information content (AvgIpc) is 3.08. The number of fused-ring (bicyclic) bond motifs is 1. The number of carbonyl (C=O) groups excluding carboxylic acids is 4. The largest absolute Gasteiger partial charge is 0.462 e. The molecule has 0 saturated heterocycles. The first-order valence-electron chi connectivity index (χ1n) is 10.1. The van der Waals surface area contributed by atoms with E-state index in [1.54, 1.807) is 31.2 Å². The number of ether oxygens (including phenoxy) is 2. The van der Waals surface area contributed by atoms with Crippen molar-refractivity contribution in [3.63, 3.8) is 0 Å². The zero-order chi connectivity index (χ0) is 23.5. The lowest BCUT2D eigenvalue weighted by molar-refractivity contribution is 0.0469. The molecule has 0 radical (unpaired) electrons. The summed E-state index contributed by atoms with van der Waals surface area (Å²) in [5, 5.41) is 0. The zero-order valence-electron chi connectivity index (χ0n) is 17.5. The summed E-state index contributed by atoms with van der Waals surface area (Å²) in [4.78, 5) is 50.6. The van der Waals surface area contributed by atoms with Crippen LogP contribution in [0.5, 0.6) is 0 Å². The van der Waals surface area contributed by atoms with Crippen LogP contribution in [0.2, 0.25) is 0 Å². The highest BCUT2D eigenvalue weighted by atomic mass is 19.1. The minimum atomic E-state index is -0.673. The molecule has 1 aliphatic heterocycles. The number of benzene rings is 3. The van der Waals surface area contributed by atoms with Gasteiger partial charge in [0.2, 0.25) is 0 Å². The lowest BCUT2D eigenvalue weighted by atomic mass is 10.1. The van der Waals surface area contributed by atoms with Gasteiger partial charge in [0.1, 0.15) is 12.4 Å². The summed E-state index contributed by atoms with van der Waals surface area (Å²) >= 11 is 0. The Morgan fingerprint density at radius 1 is 0.788 bits per heavy atom. The van der Waals surface area contributed by atoms with E-state index in [2.05, 4.69) is 0 Å². The average molecular weight is 447 g/mol. The fraction of sp³-hybridized carbons (Fsp3) is 0.120. The summed E-state index contributed by atoms with van der Waals surface area (Å²) in [6.45, 7) is 1.94. The first-order valence-corrected chi connectivity index (χ1v) is 10.1. The number of anilines is 1. The second kappa shape index (κ2) is 9.04. The summed E-state index contributed by atoms with van der Waals surface area (Å²) in [6.07, 6.45) is 0. The number of esters is 2. The summed E-state index contributed by atoms with van der Waals surface area (Å²) in [6, 6.07) is 15.5. The molecule has 0 saturated carbocycles. The molecular weight excluding hydrogens is 429 g/mol. The molecule has 0 N–H and O–H groups in total. The molecule has 0 unspecified atom stereocenters. The molecule has 33 heavy (non-hydrogen) atoms. The van der Waals surface area contributed by atoms with Crippen LogP contribution in [0.3, 0.4) is 0 Å². The number of rotatable bonds is 6. The van der Waals surface area contributed by atoms with E-state index < -0.39 is 29.6 Å². The van der Waals surface area contributed by atoms with Crippen LogP contribution in [0, 0.1) is 5.82 Å². The van der Waals surface area contributed by atoms with E-state index in [0.717, 1.165) is 17.0 Å². The van der Waals surface area contributed by atoms with Gasteiger partial charge in [-0.25, -0.2) is 18.9 Å². The van der Waals surface area contributed by atoms with Crippen molar-refractivity contribution in [2.75, 3.05) is 11.5 Å². The van der Waals surface area contributed by atoms with E-state index in [1.807, 2.05) is 0 Å². The van der Waals surface area contributed by atoms with Gasteiger partial charge < -0.3 is 9.47 Å². The molecule has 3 aromatic carbocycles. The van der Waals surface area contributed by atoms with E-state index in [0.29, 0.717) is 11.1 Å². The van der Waals surface area contributed by atoms with Crippen LogP contribution in [0.1, 0.15) is 53.9 Å². The molecule has 0 atom stereocenters. The van der Waals surface area contributed by atoms with Crippen molar-refractivity contribution in [1.29, 1.82) is 0 Å². The highest BCUT2D eigenvalue weighted by Crippen LogP contribution is 2.29. The molecule has 1 aliphatic rings. The van der Waals surface area contributed by atoms with Gasteiger partial charge in [-0.2, -0.15) is 0 Å². The minimum absolute atomic E-state index is 0.0480. The van der Waals surface area contributed by atoms with Gasteiger partial charge in [-0.1, -0.05) is 12.1 Å². The van der Waals surface area contributed by atoms with Crippen molar-refractivity contribution in [3.05, 3.63) is 100 Å². The number of hydrogen-bond donors (Lipinski definition) is 0. The zero-order valence-corrected chi connectivity index (χ0v) is 17.5. The van der Waals surface area contributed by atoms with Gasteiger partial charge in [0, 0.05) is 0 Å². The molecule has 8 heteroatoms. The van der Waals surface area contributed by atoms with E-state index in [9.17, 15) is 23.6 Å². The van der Waals surface area contributed by atoms with Gasteiger partial charge >= 0.3 is 11.9 Å². The number of hydrogen-bond acceptors (Lipinski definition) is 6. The van der Waals surface area contributed by atoms with E-state index >= 15 is 0 Å². The van der Waals surface area contributed by atoms with Crippen LogP contribution in [0.15, 0.2) is 66.7 Å². The number of imide groups is 1. The van der Waals surface area contributed by atoms with Gasteiger partial charge in [0.15, 0.2) is 0 Å². The Kier molecular flexibility index (Phi) is 5.99. The second-order valence-corrected chi connectivity index (χ2v) is 7.18. The third-order valence-corrected chi connectivity index (χ3v) is 5.04. The Hall–Kier alpha value is -4.33. The number of amides is 2.